The molecule has 0 aromatic heterocycles. The molecule has 2 unspecified atom stereocenters. The molecular weight excluding hydrogens is 980 g/mol. The van der Waals surface area contributed by atoms with Crippen LogP contribution in [0.15, 0.2) is 84.9 Å². The summed E-state index contributed by atoms with van der Waals surface area (Å²) in [7, 11) is -3.76. The van der Waals surface area contributed by atoms with Crippen LogP contribution >= 0.6 is 69.6 Å². The summed E-state index contributed by atoms with van der Waals surface area (Å²) in [6, 6.07) is 23.1. The van der Waals surface area contributed by atoms with Gasteiger partial charge in [-0.2, -0.15) is 8.42 Å². The fourth-order valence-corrected chi connectivity index (χ4v) is 9.10. The predicted molar refractivity (Wildman–Crippen MR) is 248 cm³/mol. The number of piperazine rings is 2. The van der Waals surface area contributed by atoms with Crippen molar-refractivity contribution < 1.29 is 61.2 Å². The molecule has 0 saturated carbocycles. The number of rotatable bonds is 10. The molecule has 2 amide bonds. The molecule has 336 valence electrons. The van der Waals surface area contributed by atoms with Gasteiger partial charge in [0.2, 0.25) is 6.54 Å². The number of benzene rings is 4. The predicted octanol–water partition coefficient (Wildman–Crippen LogP) is 8.07. The number of nitrogens with zero attached hydrogens (tertiary/aromatic N) is 6. The summed E-state index contributed by atoms with van der Waals surface area (Å²) in [5.74, 6) is 0. The number of amides is 2. The number of hydrogen-bond acceptors (Lipinski definition) is 10. The Kier molecular flexibility index (Phi) is 22.4. The Morgan fingerprint density at radius 3 is 1.39 bits per heavy atom. The Hall–Kier alpha value is -3.35. The van der Waals surface area contributed by atoms with Crippen molar-refractivity contribution in [2.45, 2.75) is 38.0 Å². The molecule has 0 aliphatic carbocycles. The van der Waals surface area contributed by atoms with Crippen LogP contribution in [0.2, 0.25) is 30.1 Å². The molecule has 2 fully saturated rings. The van der Waals surface area contributed by atoms with Crippen LogP contribution in [0.3, 0.4) is 0 Å². The molecule has 2 saturated heterocycles. The summed E-state index contributed by atoms with van der Waals surface area (Å²) in [5.41, 5.74) is 3.23. The fraction of sp³-hybridized carbons (Fsp3) is 0.349. The van der Waals surface area contributed by atoms with E-state index < -0.39 is 40.4 Å². The number of ether oxygens (including phenoxy) is 2. The Morgan fingerprint density at radius 1 is 0.656 bits per heavy atom. The molecule has 2 aliphatic rings. The second kappa shape index (κ2) is 26.1. The monoisotopic (exact) mass is 1020 g/mol. The van der Waals surface area contributed by atoms with Gasteiger partial charge in [0.05, 0.1) is 65.6 Å². The van der Waals surface area contributed by atoms with Crippen molar-refractivity contribution in [1.82, 2.24) is 9.80 Å². The van der Waals surface area contributed by atoms with Gasteiger partial charge in [0, 0.05) is 46.3 Å². The maximum Gasteiger partial charge on any atom is 1.00 e. The standard InChI is InChI=1S/C21H20Cl3N3O2.C21H23Cl3N2O5S.CN.Na/c1-3-29-21(28)27-11-10-26(18-9-8-16(23)12-17(18)24)20(19(27)13-25-2)14-4-6-15(22)7-5-14;1-3-30-21(27)26-11-10-25(18-9-8-16(23)12-17(18)24)20(14-4-6-15(22)7-5-14)19(26)13-31-32(2,28)29;1-2;/h4-9,12,19-20H,3,10-11,13H2,1H3;4-9,12,19-20H,3,10-11,13H2,1-2H3;;/q;;-1;+1/t2*19-,20?;;/m11../s1. The third-order valence-electron chi connectivity index (χ3n) is 9.96. The van der Waals surface area contributed by atoms with E-state index in [1.54, 1.807) is 73.3 Å². The Labute approximate surface area is 426 Å². The molecule has 64 heavy (non-hydrogen) atoms. The average molecular weight is 1020 g/mol. The van der Waals surface area contributed by atoms with E-state index in [0.717, 1.165) is 23.1 Å². The smallest absolute Gasteiger partial charge is 0.512 e. The van der Waals surface area contributed by atoms with Gasteiger partial charge in [0.1, 0.15) is 6.04 Å². The van der Waals surface area contributed by atoms with Gasteiger partial charge >= 0.3 is 41.7 Å². The molecule has 6 rings (SSSR count). The summed E-state index contributed by atoms with van der Waals surface area (Å²) in [5, 5.41) is 9.40. The quantitative estimate of drug-likeness (QED) is 0.0872. The van der Waals surface area contributed by atoms with E-state index in [1.165, 1.54) is 4.90 Å². The van der Waals surface area contributed by atoms with Crippen LogP contribution in [0, 0.1) is 18.4 Å². The number of hydrogen-bond donors (Lipinski definition) is 0. The number of carbonyl (C=O) groups is 2. The molecule has 4 atom stereocenters. The summed E-state index contributed by atoms with van der Waals surface area (Å²) < 4.78 is 39.2. The van der Waals surface area contributed by atoms with Crippen molar-refractivity contribution in [1.29, 1.82) is 5.26 Å². The first kappa shape index (κ1) is 55.0. The molecule has 4 aromatic rings. The molecule has 0 N–H and O–H groups in total. The largest absolute Gasteiger partial charge is 1.00 e. The van der Waals surface area contributed by atoms with Crippen molar-refractivity contribution >= 4 is 103 Å². The SMILES string of the molecule is CCOC(=O)N1CCN(c2ccc(Cl)cc2Cl)C(c2ccc(Cl)cc2)[C@H]1COS(C)(=O)=O.[C-]#N.[C-]#[N+]C[C@@H]1C(c2ccc(Cl)cc2)N(c2ccc(Cl)cc2Cl)CCN1C(=O)OCC.[Na+]. The van der Waals surface area contributed by atoms with Crippen molar-refractivity contribution in [3.8, 4) is 0 Å². The average Bonchev–Trinajstić information content (AvgIpc) is 3.24. The zero-order chi connectivity index (χ0) is 46.4. The summed E-state index contributed by atoms with van der Waals surface area (Å²) in [6.45, 7) is 17.7. The van der Waals surface area contributed by atoms with Crippen LogP contribution in [0.25, 0.3) is 4.85 Å². The third kappa shape index (κ3) is 14.6. The van der Waals surface area contributed by atoms with Gasteiger partial charge < -0.3 is 36.0 Å². The number of halogens is 6. The van der Waals surface area contributed by atoms with E-state index in [-0.39, 0.29) is 68.5 Å². The Morgan fingerprint density at radius 2 is 1.03 bits per heavy atom. The molecular formula is C43H43Cl6N6NaO7S. The van der Waals surface area contributed by atoms with Crippen molar-refractivity contribution in [2.24, 2.45) is 0 Å². The van der Waals surface area contributed by atoms with Crippen LogP contribution < -0.4 is 39.4 Å². The van der Waals surface area contributed by atoms with E-state index in [0.29, 0.717) is 55.5 Å². The Bertz CT molecular complexity index is 2360. The summed E-state index contributed by atoms with van der Waals surface area (Å²) in [6.07, 6.45) is 0.00716. The van der Waals surface area contributed by atoms with Crippen molar-refractivity contribution in [3.05, 3.63) is 144 Å². The van der Waals surface area contributed by atoms with Crippen LogP contribution in [0.5, 0.6) is 0 Å². The van der Waals surface area contributed by atoms with E-state index >= 15 is 0 Å². The first-order valence-electron chi connectivity index (χ1n) is 19.3. The molecule has 4 aromatic carbocycles. The van der Waals surface area contributed by atoms with Gasteiger partial charge in [-0.25, -0.2) is 16.2 Å². The van der Waals surface area contributed by atoms with Gasteiger partial charge in [-0.3, -0.25) is 14.0 Å². The van der Waals surface area contributed by atoms with Gasteiger partial charge in [-0.15, -0.1) is 0 Å². The fourth-order valence-electron chi connectivity index (χ4n) is 7.42. The second-order valence-corrected chi connectivity index (χ2v) is 18.0. The maximum atomic E-state index is 12.7. The van der Waals surface area contributed by atoms with Gasteiger partial charge in [-0.05, 0) is 85.6 Å². The summed E-state index contributed by atoms with van der Waals surface area (Å²) in [4.78, 5) is 36.2. The van der Waals surface area contributed by atoms with E-state index in [9.17, 15) is 18.0 Å². The minimum Gasteiger partial charge on any atom is -0.512 e. The van der Waals surface area contributed by atoms with Gasteiger partial charge in [-0.1, -0.05) is 93.9 Å². The normalized spacial score (nSPS) is 18.2. The van der Waals surface area contributed by atoms with Crippen LogP contribution in [-0.2, 0) is 23.8 Å². The van der Waals surface area contributed by atoms with E-state index in [1.807, 2.05) is 35.2 Å². The number of anilines is 2. The third-order valence-corrected chi connectivity index (χ3v) is 12.1. The molecule has 2 aliphatic heterocycles. The minimum absolute atomic E-state index is 0. The van der Waals surface area contributed by atoms with Gasteiger partial charge in [0.15, 0.2) is 0 Å². The number of carbonyl (C=O) groups excluding carboxylic acids is 2. The first-order valence-corrected chi connectivity index (χ1v) is 23.4. The first-order chi connectivity index (χ1) is 30.1. The van der Waals surface area contributed by atoms with E-state index in [4.69, 9.17) is 102 Å². The molecule has 21 heteroatoms. The van der Waals surface area contributed by atoms with Crippen molar-refractivity contribution in [2.75, 3.05) is 68.6 Å². The Balaban J connectivity index is 0.000000324. The van der Waals surface area contributed by atoms with Crippen LogP contribution in [-0.4, -0.2) is 101 Å². The van der Waals surface area contributed by atoms with Crippen molar-refractivity contribution in [3.63, 3.8) is 0 Å². The molecule has 2 heterocycles. The van der Waals surface area contributed by atoms with E-state index in [2.05, 4.69) is 9.74 Å². The zero-order valence-corrected chi connectivity index (χ0v) is 42.6. The molecule has 0 spiro atoms. The van der Waals surface area contributed by atoms with Gasteiger partial charge in [0.25, 0.3) is 10.1 Å². The topological polar surface area (TPSA) is 137 Å². The zero-order valence-electron chi connectivity index (χ0n) is 35.3. The molecule has 0 bridgehead atoms. The minimum atomic E-state index is -3.76. The molecule has 13 nitrogen and oxygen atoms in total. The van der Waals surface area contributed by atoms with Crippen LogP contribution in [0.4, 0.5) is 21.0 Å². The van der Waals surface area contributed by atoms with Crippen LogP contribution in [0.1, 0.15) is 37.1 Å². The molecule has 0 radical (unpaired) electrons. The second-order valence-electron chi connectivity index (χ2n) is 13.8. The summed E-state index contributed by atoms with van der Waals surface area (Å²) >= 11 is 37.3. The maximum absolute atomic E-state index is 12.7.